The summed E-state index contributed by atoms with van der Waals surface area (Å²) < 4.78 is 0. The van der Waals surface area contributed by atoms with E-state index in [1.807, 2.05) is 19.2 Å². The Balaban J connectivity index is 2.16. The van der Waals surface area contributed by atoms with E-state index in [0.717, 1.165) is 23.0 Å². The highest BCUT2D eigenvalue weighted by atomic mass is 15.1. The maximum absolute atomic E-state index is 5.92. The van der Waals surface area contributed by atoms with Crippen LogP contribution in [0.5, 0.6) is 0 Å². The van der Waals surface area contributed by atoms with E-state index in [-0.39, 0.29) is 5.54 Å². The summed E-state index contributed by atoms with van der Waals surface area (Å²) in [4.78, 5) is 4.34. The third kappa shape index (κ3) is 2.22. The molecule has 82 valence electrons. The Hall–Kier alpha value is -1.25. The second-order valence-electron chi connectivity index (χ2n) is 5.07. The van der Waals surface area contributed by atoms with Gasteiger partial charge in [-0.3, -0.25) is 0 Å². The molecule has 0 radical (unpaired) electrons. The zero-order chi connectivity index (χ0) is 11.1. The molecule has 1 heterocycles. The lowest BCUT2D eigenvalue weighted by Gasteiger charge is -2.27. The molecular formula is C12H19N3. The van der Waals surface area contributed by atoms with Gasteiger partial charge in [0.15, 0.2) is 0 Å². The molecule has 1 saturated carbocycles. The average Bonchev–Trinajstić information content (AvgIpc) is 2.92. The van der Waals surface area contributed by atoms with Gasteiger partial charge in [-0.05, 0) is 51.2 Å². The van der Waals surface area contributed by atoms with E-state index in [9.17, 15) is 0 Å². The number of hydrogen-bond donors (Lipinski definition) is 2. The third-order valence-corrected chi connectivity index (χ3v) is 3.09. The van der Waals surface area contributed by atoms with Crippen LogP contribution in [0.2, 0.25) is 0 Å². The Morgan fingerprint density at radius 1 is 1.47 bits per heavy atom. The number of anilines is 2. The molecule has 1 fully saturated rings. The molecule has 0 aromatic carbocycles. The first-order chi connectivity index (χ1) is 6.99. The fourth-order valence-electron chi connectivity index (χ4n) is 1.91. The molecule has 1 aliphatic rings. The van der Waals surface area contributed by atoms with Crippen LogP contribution >= 0.6 is 0 Å². The van der Waals surface area contributed by atoms with Gasteiger partial charge in [0.05, 0.1) is 5.69 Å². The van der Waals surface area contributed by atoms with E-state index in [1.165, 1.54) is 12.8 Å². The Morgan fingerprint density at radius 3 is 2.67 bits per heavy atom. The van der Waals surface area contributed by atoms with Crippen LogP contribution in [0.15, 0.2) is 12.3 Å². The largest absolute Gasteiger partial charge is 0.396 e. The molecular weight excluding hydrogens is 186 g/mol. The maximum Gasteiger partial charge on any atom is 0.149 e. The summed E-state index contributed by atoms with van der Waals surface area (Å²) in [5, 5.41) is 3.44. The van der Waals surface area contributed by atoms with Crippen LogP contribution in [0.1, 0.15) is 32.3 Å². The lowest BCUT2D eigenvalue weighted by atomic mass is 9.99. The van der Waals surface area contributed by atoms with Crippen LogP contribution in [0.3, 0.4) is 0 Å². The molecule has 0 amide bonds. The molecule has 0 atom stereocenters. The number of aryl methyl sites for hydroxylation is 1. The van der Waals surface area contributed by atoms with Gasteiger partial charge in [0.2, 0.25) is 0 Å². The molecule has 3 heteroatoms. The predicted molar refractivity (Wildman–Crippen MR) is 63.8 cm³/mol. The van der Waals surface area contributed by atoms with Crippen molar-refractivity contribution in [2.75, 3.05) is 11.1 Å². The van der Waals surface area contributed by atoms with Crippen molar-refractivity contribution >= 4 is 11.5 Å². The van der Waals surface area contributed by atoms with Crippen molar-refractivity contribution in [2.24, 2.45) is 5.92 Å². The lowest BCUT2D eigenvalue weighted by molar-refractivity contribution is 0.493. The molecule has 0 unspecified atom stereocenters. The van der Waals surface area contributed by atoms with Gasteiger partial charge < -0.3 is 11.1 Å². The number of nitrogens with zero attached hydrogens (tertiary/aromatic N) is 1. The van der Waals surface area contributed by atoms with Gasteiger partial charge in [-0.1, -0.05) is 0 Å². The second-order valence-corrected chi connectivity index (χ2v) is 5.07. The summed E-state index contributed by atoms with van der Waals surface area (Å²) in [5.41, 5.74) is 7.87. The van der Waals surface area contributed by atoms with Crippen molar-refractivity contribution in [2.45, 2.75) is 39.2 Å². The van der Waals surface area contributed by atoms with Crippen LogP contribution in [0.4, 0.5) is 11.5 Å². The Bertz CT molecular complexity index is 367. The molecule has 0 aliphatic heterocycles. The maximum atomic E-state index is 5.92. The highest BCUT2D eigenvalue weighted by Crippen LogP contribution is 2.41. The number of nitrogens with two attached hydrogens (primary N) is 1. The number of aromatic nitrogens is 1. The molecule has 0 spiro atoms. The summed E-state index contributed by atoms with van der Waals surface area (Å²) in [6, 6.07) is 1.96. The van der Waals surface area contributed by atoms with Crippen LogP contribution < -0.4 is 11.1 Å². The standard InChI is InChI=1S/C12H19N3/c1-8-6-10(13)11(14-7-8)15-12(2,3)9-4-5-9/h6-7,9H,4-5,13H2,1-3H3,(H,14,15). The minimum absolute atomic E-state index is 0.108. The van der Waals surface area contributed by atoms with Crippen molar-refractivity contribution in [1.29, 1.82) is 0 Å². The van der Waals surface area contributed by atoms with E-state index in [1.54, 1.807) is 0 Å². The molecule has 1 aromatic heterocycles. The normalized spacial score (nSPS) is 16.5. The van der Waals surface area contributed by atoms with Gasteiger partial charge >= 0.3 is 0 Å². The topological polar surface area (TPSA) is 50.9 Å². The zero-order valence-corrected chi connectivity index (χ0v) is 9.67. The number of hydrogen-bond acceptors (Lipinski definition) is 3. The van der Waals surface area contributed by atoms with Gasteiger partial charge in [0, 0.05) is 11.7 Å². The van der Waals surface area contributed by atoms with Gasteiger partial charge in [-0.2, -0.15) is 0 Å². The van der Waals surface area contributed by atoms with Crippen molar-refractivity contribution in [3.8, 4) is 0 Å². The molecule has 2 rings (SSSR count). The minimum atomic E-state index is 0.108. The fraction of sp³-hybridized carbons (Fsp3) is 0.583. The molecule has 3 N–H and O–H groups in total. The van der Waals surface area contributed by atoms with Crippen LogP contribution in [0.25, 0.3) is 0 Å². The smallest absolute Gasteiger partial charge is 0.149 e. The van der Waals surface area contributed by atoms with E-state index < -0.39 is 0 Å². The van der Waals surface area contributed by atoms with Crippen LogP contribution in [-0.4, -0.2) is 10.5 Å². The van der Waals surface area contributed by atoms with Crippen molar-refractivity contribution < 1.29 is 0 Å². The fourth-order valence-corrected chi connectivity index (χ4v) is 1.91. The lowest BCUT2D eigenvalue weighted by Crippen LogP contribution is -2.34. The average molecular weight is 205 g/mol. The third-order valence-electron chi connectivity index (χ3n) is 3.09. The van der Waals surface area contributed by atoms with Crippen molar-refractivity contribution in [3.05, 3.63) is 17.8 Å². The molecule has 1 aliphatic carbocycles. The summed E-state index contributed by atoms with van der Waals surface area (Å²) >= 11 is 0. The second kappa shape index (κ2) is 3.40. The molecule has 15 heavy (non-hydrogen) atoms. The van der Waals surface area contributed by atoms with Gasteiger partial charge in [-0.25, -0.2) is 4.98 Å². The van der Waals surface area contributed by atoms with E-state index in [2.05, 4.69) is 24.1 Å². The van der Waals surface area contributed by atoms with Gasteiger partial charge in [-0.15, -0.1) is 0 Å². The quantitative estimate of drug-likeness (QED) is 0.797. The Morgan fingerprint density at radius 2 is 2.13 bits per heavy atom. The van der Waals surface area contributed by atoms with Crippen molar-refractivity contribution in [3.63, 3.8) is 0 Å². The zero-order valence-electron chi connectivity index (χ0n) is 9.67. The van der Waals surface area contributed by atoms with Crippen molar-refractivity contribution in [1.82, 2.24) is 4.98 Å². The van der Waals surface area contributed by atoms with Crippen LogP contribution in [0, 0.1) is 12.8 Å². The first-order valence-corrected chi connectivity index (χ1v) is 5.49. The summed E-state index contributed by atoms with van der Waals surface area (Å²) in [7, 11) is 0. The van der Waals surface area contributed by atoms with Gasteiger partial charge in [0.1, 0.15) is 5.82 Å². The number of nitrogen functional groups attached to an aromatic ring is 1. The highest BCUT2D eigenvalue weighted by Gasteiger charge is 2.38. The Labute approximate surface area is 91.1 Å². The highest BCUT2D eigenvalue weighted by molar-refractivity contribution is 5.62. The Kier molecular flexibility index (Phi) is 2.33. The number of rotatable bonds is 3. The van der Waals surface area contributed by atoms with E-state index in [0.29, 0.717) is 0 Å². The van der Waals surface area contributed by atoms with Gasteiger partial charge in [0.25, 0.3) is 0 Å². The summed E-state index contributed by atoms with van der Waals surface area (Å²) in [6.07, 6.45) is 4.47. The van der Waals surface area contributed by atoms with E-state index >= 15 is 0 Å². The molecule has 0 saturated heterocycles. The number of pyridine rings is 1. The minimum Gasteiger partial charge on any atom is -0.396 e. The summed E-state index contributed by atoms with van der Waals surface area (Å²) in [5.74, 6) is 1.58. The first-order valence-electron chi connectivity index (χ1n) is 5.49. The predicted octanol–water partition coefficient (Wildman–Crippen LogP) is 2.57. The number of nitrogens with one attached hydrogen (secondary N) is 1. The SMILES string of the molecule is Cc1cnc(NC(C)(C)C2CC2)c(N)c1. The molecule has 3 nitrogen and oxygen atoms in total. The monoisotopic (exact) mass is 205 g/mol. The summed E-state index contributed by atoms with van der Waals surface area (Å²) in [6.45, 7) is 6.43. The van der Waals surface area contributed by atoms with Crippen LogP contribution in [-0.2, 0) is 0 Å². The molecule has 1 aromatic rings. The molecule has 0 bridgehead atoms. The van der Waals surface area contributed by atoms with E-state index in [4.69, 9.17) is 5.73 Å². The first kappa shape index (κ1) is 10.3.